The summed E-state index contributed by atoms with van der Waals surface area (Å²) in [5.41, 5.74) is 0. The Morgan fingerprint density at radius 3 is 2.92 bits per heavy atom. The molecule has 1 rings (SSSR count). The molecule has 1 aliphatic rings. The predicted octanol–water partition coefficient (Wildman–Crippen LogP) is 1.27. The molecule has 0 N–H and O–H groups in total. The Balaban J connectivity index is 2.43. The maximum absolute atomic E-state index is 11.5. The van der Waals surface area contributed by atoms with Crippen LogP contribution in [0.2, 0.25) is 0 Å². The first-order valence-electron chi connectivity index (χ1n) is 4.26. The molecule has 2 nitrogen and oxygen atoms in total. The van der Waals surface area contributed by atoms with Crippen molar-refractivity contribution in [3.63, 3.8) is 0 Å². The Morgan fingerprint density at radius 2 is 2.25 bits per heavy atom. The summed E-state index contributed by atoms with van der Waals surface area (Å²) in [6, 6.07) is 0. The molecule has 1 aliphatic heterocycles. The van der Waals surface area contributed by atoms with Crippen LogP contribution in [0.3, 0.4) is 0 Å². The summed E-state index contributed by atoms with van der Waals surface area (Å²) in [6.45, 7) is 3.65. The van der Waals surface area contributed by atoms with Crippen LogP contribution in [0.4, 0.5) is 0 Å². The van der Waals surface area contributed by atoms with Gasteiger partial charge in [0.25, 0.3) is 0 Å². The summed E-state index contributed by atoms with van der Waals surface area (Å²) in [4.78, 5) is 13.4. The van der Waals surface area contributed by atoms with Crippen LogP contribution in [0.15, 0.2) is 0 Å². The number of hydrogen-bond donors (Lipinski definition) is 1. The number of hydrogen-bond acceptors (Lipinski definition) is 3. The lowest BCUT2D eigenvalue weighted by molar-refractivity contribution is -0.130. The van der Waals surface area contributed by atoms with E-state index < -0.39 is 0 Å². The minimum atomic E-state index is -0.145. The molecule has 1 atom stereocenters. The van der Waals surface area contributed by atoms with Gasteiger partial charge >= 0.3 is 0 Å². The third kappa shape index (κ3) is 2.90. The van der Waals surface area contributed by atoms with Crippen LogP contribution in [0.1, 0.15) is 13.3 Å². The van der Waals surface area contributed by atoms with E-state index in [1.54, 1.807) is 0 Å². The molecule has 0 aromatic heterocycles. The Morgan fingerprint density at radius 1 is 1.50 bits per heavy atom. The van der Waals surface area contributed by atoms with E-state index in [0.717, 1.165) is 25.3 Å². The predicted molar refractivity (Wildman–Crippen MR) is 57.0 cm³/mol. The normalized spacial score (nSPS) is 21.7. The average Bonchev–Trinajstić information content (AvgIpc) is 2.30. The molecule has 1 unspecified atom stereocenters. The van der Waals surface area contributed by atoms with Gasteiger partial charge in [-0.25, -0.2) is 0 Å². The van der Waals surface area contributed by atoms with Crippen molar-refractivity contribution < 1.29 is 4.79 Å². The lowest BCUT2D eigenvalue weighted by Crippen LogP contribution is -2.37. The average molecular weight is 205 g/mol. The molecule has 0 radical (unpaired) electrons. The van der Waals surface area contributed by atoms with Gasteiger partial charge < -0.3 is 4.90 Å². The van der Waals surface area contributed by atoms with E-state index in [1.165, 1.54) is 5.75 Å². The Labute approximate surface area is 83.5 Å². The number of carbonyl (C=O) groups is 1. The maximum Gasteiger partial charge on any atom is 0.235 e. The van der Waals surface area contributed by atoms with Gasteiger partial charge in [-0.2, -0.15) is 24.4 Å². The molecule has 12 heavy (non-hydrogen) atoms. The number of thiol groups is 1. The van der Waals surface area contributed by atoms with Gasteiger partial charge in [-0.1, -0.05) is 0 Å². The molecule has 0 aromatic carbocycles. The number of nitrogens with zero attached hydrogens (tertiary/aromatic N) is 1. The van der Waals surface area contributed by atoms with Crippen molar-refractivity contribution in [3.8, 4) is 0 Å². The molecule has 1 saturated heterocycles. The smallest absolute Gasteiger partial charge is 0.235 e. The third-order valence-electron chi connectivity index (χ3n) is 1.89. The molecule has 1 heterocycles. The minimum absolute atomic E-state index is 0.145. The summed E-state index contributed by atoms with van der Waals surface area (Å²) in [6.07, 6.45) is 1.12. The Hall–Kier alpha value is 0.170. The highest BCUT2D eigenvalue weighted by atomic mass is 32.2. The van der Waals surface area contributed by atoms with Gasteiger partial charge in [0, 0.05) is 18.8 Å². The van der Waals surface area contributed by atoms with E-state index in [1.807, 2.05) is 23.6 Å². The van der Waals surface area contributed by atoms with Gasteiger partial charge in [-0.05, 0) is 19.1 Å². The summed E-state index contributed by atoms with van der Waals surface area (Å²) in [7, 11) is 0. The molecule has 0 spiro atoms. The number of thioether (sulfide) groups is 1. The molecule has 4 heteroatoms. The molecule has 0 aromatic rings. The third-order valence-corrected chi connectivity index (χ3v) is 3.16. The first-order valence-corrected chi connectivity index (χ1v) is 5.93. The Bertz CT molecular complexity index is 153. The van der Waals surface area contributed by atoms with E-state index >= 15 is 0 Å². The molecule has 0 saturated carbocycles. The molecular weight excluding hydrogens is 190 g/mol. The van der Waals surface area contributed by atoms with Crippen molar-refractivity contribution in [1.29, 1.82) is 0 Å². The highest BCUT2D eigenvalue weighted by Crippen LogP contribution is 2.11. The van der Waals surface area contributed by atoms with Crippen LogP contribution in [0.25, 0.3) is 0 Å². The minimum Gasteiger partial charge on any atom is -0.341 e. The van der Waals surface area contributed by atoms with Crippen LogP contribution in [-0.4, -0.2) is 40.7 Å². The molecular formula is C8H15NOS2. The van der Waals surface area contributed by atoms with Gasteiger partial charge in [-0.3, -0.25) is 4.79 Å². The second kappa shape index (κ2) is 5.02. The number of amides is 1. The fourth-order valence-electron chi connectivity index (χ4n) is 1.23. The van der Waals surface area contributed by atoms with E-state index in [4.69, 9.17) is 0 Å². The zero-order chi connectivity index (χ0) is 8.97. The first kappa shape index (κ1) is 10.3. The summed E-state index contributed by atoms with van der Waals surface area (Å²) in [5.74, 6) is 2.44. The second-order valence-electron chi connectivity index (χ2n) is 2.97. The van der Waals surface area contributed by atoms with Gasteiger partial charge in [0.2, 0.25) is 5.91 Å². The first-order chi connectivity index (χ1) is 5.72. The van der Waals surface area contributed by atoms with Crippen LogP contribution < -0.4 is 0 Å². The summed E-state index contributed by atoms with van der Waals surface area (Å²) < 4.78 is 0. The van der Waals surface area contributed by atoms with Gasteiger partial charge in [-0.15, -0.1) is 0 Å². The lowest BCUT2D eigenvalue weighted by Gasteiger charge is -2.21. The number of carbonyl (C=O) groups excluding carboxylic acids is 1. The largest absolute Gasteiger partial charge is 0.341 e. The molecule has 1 fully saturated rings. The quantitative estimate of drug-likeness (QED) is 0.651. The van der Waals surface area contributed by atoms with Crippen molar-refractivity contribution >= 4 is 30.3 Å². The number of rotatable bonds is 1. The van der Waals surface area contributed by atoms with E-state index in [0.29, 0.717) is 0 Å². The van der Waals surface area contributed by atoms with E-state index in [-0.39, 0.29) is 11.2 Å². The standard InChI is InChI=1S/C8H15NOS2/c1-7(11)8(10)9-3-2-5-12-6-4-9/h7,11H,2-6H2,1H3. The van der Waals surface area contributed by atoms with E-state index in [9.17, 15) is 4.79 Å². The zero-order valence-corrected chi connectivity index (χ0v) is 9.03. The van der Waals surface area contributed by atoms with Crippen molar-refractivity contribution in [3.05, 3.63) is 0 Å². The second-order valence-corrected chi connectivity index (χ2v) is 4.97. The SMILES string of the molecule is CC(S)C(=O)N1CCCSCC1. The van der Waals surface area contributed by atoms with Crippen molar-refractivity contribution in [2.24, 2.45) is 0 Å². The van der Waals surface area contributed by atoms with Crippen molar-refractivity contribution in [2.75, 3.05) is 24.6 Å². The topological polar surface area (TPSA) is 20.3 Å². The van der Waals surface area contributed by atoms with Crippen molar-refractivity contribution in [2.45, 2.75) is 18.6 Å². The zero-order valence-electron chi connectivity index (χ0n) is 7.32. The summed E-state index contributed by atoms with van der Waals surface area (Å²) in [5, 5.41) is -0.145. The maximum atomic E-state index is 11.5. The summed E-state index contributed by atoms with van der Waals surface area (Å²) >= 11 is 6.07. The van der Waals surface area contributed by atoms with Crippen LogP contribution >= 0.6 is 24.4 Å². The van der Waals surface area contributed by atoms with Crippen LogP contribution in [-0.2, 0) is 4.79 Å². The molecule has 0 aliphatic carbocycles. The Kier molecular flexibility index (Phi) is 4.29. The monoisotopic (exact) mass is 205 g/mol. The highest BCUT2D eigenvalue weighted by molar-refractivity contribution is 7.99. The van der Waals surface area contributed by atoms with Gasteiger partial charge in [0.1, 0.15) is 0 Å². The van der Waals surface area contributed by atoms with Crippen LogP contribution in [0.5, 0.6) is 0 Å². The fourth-order valence-corrected chi connectivity index (χ4v) is 2.28. The van der Waals surface area contributed by atoms with Gasteiger partial charge in [0.15, 0.2) is 0 Å². The van der Waals surface area contributed by atoms with Crippen molar-refractivity contribution in [1.82, 2.24) is 4.90 Å². The highest BCUT2D eigenvalue weighted by Gasteiger charge is 2.18. The van der Waals surface area contributed by atoms with Gasteiger partial charge in [0.05, 0.1) is 5.25 Å². The molecule has 0 bridgehead atoms. The van der Waals surface area contributed by atoms with E-state index in [2.05, 4.69) is 12.6 Å². The lowest BCUT2D eigenvalue weighted by atomic mass is 10.3. The molecule has 1 amide bonds. The van der Waals surface area contributed by atoms with Crippen LogP contribution in [0, 0.1) is 0 Å². The fraction of sp³-hybridized carbons (Fsp3) is 0.875. The molecule has 70 valence electrons.